The zero-order valence-electron chi connectivity index (χ0n) is 12.3. The molecule has 0 amide bonds. The quantitative estimate of drug-likeness (QED) is 0.654. The molecule has 1 aromatic carbocycles. The van der Waals surface area contributed by atoms with Crippen LogP contribution in [-0.4, -0.2) is 51.9 Å². The van der Waals surface area contributed by atoms with Gasteiger partial charge in [0.1, 0.15) is 12.4 Å². The van der Waals surface area contributed by atoms with Crippen molar-refractivity contribution in [2.45, 2.75) is 13.5 Å². The van der Waals surface area contributed by atoms with E-state index in [0.717, 1.165) is 32.0 Å². The number of nitrogens with one attached hydrogen (secondary N) is 1. The van der Waals surface area contributed by atoms with E-state index < -0.39 is 0 Å². The summed E-state index contributed by atoms with van der Waals surface area (Å²) < 4.78 is 11.1. The molecular formula is C15H26N2O2. The van der Waals surface area contributed by atoms with Gasteiger partial charge in [0.25, 0.3) is 0 Å². The molecule has 0 saturated carbocycles. The fraction of sp³-hybridized carbons (Fsp3) is 0.600. The first-order valence-electron chi connectivity index (χ1n) is 6.87. The molecule has 4 nitrogen and oxygen atoms in total. The minimum Gasteiger partial charge on any atom is -0.491 e. The molecule has 4 heteroatoms. The van der Waals surface area contributed by atoms with E-state index in [1.807, 2.05) is 26.2 Å². The van der Waals surface area contributed by atoms with Crippen molar-refractivity contribution in [2.75, 3.05) is 47.0 Å². The highest BCUT2D eigenvalue weighted by Crippen LogP contribution is 2.11. The largest absolute Gasteiger partial charge is 0.491 e. The summed E-state index contributed by atoms with van der Waals surface area (Å²) in [6.07, 6.45) is 0. The summed E-state index contributed by atoms with van der Waals surface area (Å²) in [5.41, 5.74) is 1.27. The second-order valence-corrected chi connectivity index (χ2v) is 4.69. The molecule has 19 heavy (non-hydrogen) atoms. The van der Waals surface area contributed by atoms with Crippen molar-refractivity contribution in [2.24, 2.45) is 0 Å². The van der Waals surface area contributed by atoms with Gasteiger partial charge >= 0.3 is 0 Å². The summed E-state index contributed by atoms with van der Waals surface area (Å²) in [5, 5.41) is 3.29. The maximum Gasteiger partial charge on any atom is 0.119 e. The van der Waals surface area contributed by atoms with Gasteiger partial charge in [-0.3, -0.25) is 0 Å². The van der Waals surface area contributed by atoms with Gasteiger partial charge in [0.2, 0.25) is 0 Å². The Labute approximate surface area is 116 Å². The fourth-order valence-corrected chi connectivity index (χ4v) is 1.54. The Balaban J connectivity index is 2.12. The Morgan fingerprint density at radius 2 is 1.79 bits per heavy atom. The Hall–Kier alpha value is -1.10. The normalized spacial score (nSPS) is 10.9. The van der Waals surface area contributed by atoms with Crippen LogP contribution in [0.25, 0.3) is 0 Å². The first-order valence-corrected chi connectivity index (χ1v) is 6.87. The van der Waals surface area contributed by atoms with Crippen molar-refractivity contribution < 1.29 is 9.47 Å². The number of likely N-dealkylation sites (N-methyl/N-ethyl adjacent to an activating group) is 1. The highest BCUT2D eigenvalue weighted by molar-refractivity contribution is 5.27. The van der Waals surface area contributed by atoms with Crippen LogP contribution in [0.3, 0.4) is 0 Å². The topological polar surface area (TPSA) is 33.7 Å². The van der Waals surface area contributed by atoms with Crippen LogP contribution in [0.5, 0.6) is 5.75 Å². The average molecular weight is 266 g/mol. The summed E-state index contributed by atoms with van der Waals surface area (Å²) in [5.74, 6) is 0.899. The van der Waals surface area contributed by atoms with Gasteiger partial charge in [-0.05, 0) is 38.3 Å². The number of rotatable bonds is 10. The summed E-state index contributed by atoms with van der Waals surface area (Å²) in [6.45, 7) is 6.92. The smallest absolute Gasteiger partial charge is 0.119 e. The maximum atomic E-state index is 5.61. The van der Waals surface area contributed by atoms with Crippen LogP contribution in [0.2, 0.25) is 0 Å². The van der Waals surface area contributed by atoms with Gasteiger partial charge < -0.3 is 19.7 Å². The molecule has 0 saturated heterocycles. The Kier molecular flexibility index (Phi) is 8.21. The molecule has 0 heterocycles. The SMILES string of the molecule is CCNCc1ccc(OCCOCCN(C)C)cc1. The molecule has 0 aliphatic heterocycles. The van der Waals surface area contributed by atoms with E-state index in [-0.39, 0.29) is 0 Å². The third-order valence-electron chi connectivity index (χ3n) is 2.68. The lowest BCUT2D eigenvalue weighted by molar-refractivity contribution is 0.0890. The first kappa shape index (κ1) is 16.0. The number of hydrogen-bond donors (Lipinski definition) is 1. The molecule has 0 atom stereocenters. The van der Waals surface area contributed by atoms with E-state index in [0.29, 0.717) is 13.2 Å². The lowest BCUT2D eigenvalue weighted by Crippen LogP contribution is -2.19. The molecule has 1 N–H and O–H groups in total. The van der Waals surface area contributed by atoms with E-state index in [1.165, 1.54) is 5.56 Å². The van der Waals surface area contributed by atoms with E-state index in [2.05, 4.69) is 29.3 Å². The summed E-state index contributed by atoms with van der Waals surface area (Å²) in [6, 6.07) is 8.19. The second-order valence-electron chi connectivity index (χ2n) is 4.69. The van der Waals surface area contributed by atoms with Crippen molar-refractivity contribution >= 4 is 0 Å². The van der Waals surface area contributed by atoms with Crippen LogP contribution in [0, 0.1) is 0 Å². The predicted molar refractivity (Wildman–Crippen MR) is 78.7 cm³/mol. The van der Waals surface area contributed by atoms with Gasteiger partial charge in [0.05, 0.1) is 13.2 Å². The number of nitrogens with zero attached hydrogens (tertiary/aromatic N) is 1. The average Bonchev–Trinajstić information content (AvgIpc) is 2.41. The van der Waals surface area contributed by atoms with Crippen molar-refractivity contribution in [1.29, 1.82) is 0 Å². The highest BCUT2D eigenvalue weighted by Gasteiger charge is 1.96. The van der Waals surface area contributed by atoms with Crippen LogP contribution in [0.1, 0.15) is 12.5 Å². The summed E-state index contributed by atoms with van der Waals surface area (Å²) in [7, 11) is 4.07. The van der Waals surface area contributed by atoms with Crippen LogP contribution in [0.15, 0.2) is 24.3 Å². The molecule has 0 unspecified atom stereocenters. The van der Waals surface area contributed by atoms with Gasteiger partial charge in [-0.2, -0.15) is 0 Å². The van der Waals surface area contributed by atoms with Crippen LogP contribution < -0.4 is 10.1 Å². The highest BCUT2D eigenvalue weighted by atomic mass is 16.5. The molecule has 1 aromatic rings. The molecule has 0 fully saturated rings. The molecule has 0 aliphatic carbocycles. The zero-order chi connectivity index (χ0) is 13.9. The van der Waals surface area contributed by atoms with E-state index in [9.17, 15) is 0 Å². The maximum absolute atomic E-state index is 5.61. The monoisotopic (exact) mass is 266 g/mol. The van der Waals surface area contributed by atoms with Gasteiger partial charge in [-0.1, -0.05) is 19.1 Å². The predicted octanol–water partition coefficient (Wildman–Crippen LogP) is 1.75. The summed E-state index contributed by atoms with van der Waals surface area (Å²) >= 11 is 0. The third-order valence-corrected chi connectivity index (χ3v) is 2.68. The second kappa shape index (κ2) is 9.78. The standard InChI is InChI=1S/C15H26N2O2/c1-4-16-13-14-5-7-15(8-6-14)19-12-11-18-10-9-17(2)3/h5-8,16H,4,9-13H2,1-3H3. The van der Waals surface area contributed by atoms with Crippen molar-refractivity contribution in [3.8, 4) is 5.75 Å². The third kappa shape index (κ3) is 7.82. The van der Waals surface area contributed by atoms with E-state index in [1.54, 1.807) is 0 Å². The fourth-order valence-electron chi connectivity index (χ4n) is 1.54. The van der Waals surface area contributed by atoms with Crippen LogP contribution in [0.4, 0.5) is 0 Å². The molecule has 108 valence electrons. The van der Waals surface area contributed by atoms with Gasteiger partial charge in [0, 0.05) is 13.1 Å². The Morgan fingerprint density at radius 1 is 1.05 bits per heavy atom. The molecule has 0 radical (unpaired) electrons. The molecule has 0 aromatic heterocycles. The van der Waals surface area contributed by atoms with E-state index >= 15 is 0 Å². The van der Waals surface area contributed by atoms with Gasteiger partial charge in [0.15, 0.2) is 0 Å². The summed E-state index contributed by atoms with van der Waals surface area (Å²) in [4.78, 5) is 2.10. The Bertz CT molecular complexity index is 325. The minimum atomic E-state index is 0.597. The van der Waals surface area contributed by atoms with Gasteiger partial charge in [-0.25, -0.2) is 0 Å². The lowest BCUT2D eigenvalue weighted by atomic mass is 10.2. The van der Waals surface area contributed by atoms with Crippen molar-refractivity contribution in [3.05, 3.63) is 29.8 Å². The number of hydrogen-bond acceptors (Lipinski definition) is 4. The van der Waals surface area contributed by atoms with Crippen LogP contribution in [-0.2, 0) is 11.3 Å². The lowest BCUT2D eigenvalue weighted by Gasteiger charge is -2.11. The van der Waals surface area contributed by atoms with Crippen molar-refractivity contribution in [1.82, 2.24) is 10.2 Å². The zero-order valence-corrected chi connectivity index (χ0v) is 12.3. The molecule has 0 spiro atoms. The first-order chi connectivity index (χ1) is 9.22. The molecule has 0 bridgehead atoms. The van der Waals surface area contributed by atoms with Crippen LogP contribution >= 0.6 is 0 Å². The van der Waals surface area contributed by atoms with E-state index in [4.69, 9.17) is 9.47 Å². The van der Waals surface area contributed by atoms with Gasteiger partial charge in [-0.15, -0.1) is 0 Å². The molecule has 0 aliphatic rings. The Morgan fingerprint density at radius 3 is 2.42 bits per heavy atom. The molecule has 1 rings (SSSR count). The number of benzene rings is 1. The minimum absolute atomic E-state index is 0.597. The molecular weight excluding hydrogens is 240 g/mol. The number of ether oxygens (including phenoxy) is 2. The van der Waals surface area contributed by atoms with Crippen molar-refractivity contribution in [3.63, 3.8) is 0 Å².